The van der Waals surface area contributed by atoms with Crippen molar-refractivity contribution < 1.29 is 12.8 Å². The Morgan fingerprint density at radius 3 is 2.61 bits per heavy atom. The molecule has 0 aliphatic rings. The summed E-state index contributed by atoms with van der Waals surface area (Å²) in [6, 6.07) is 4.71. The lowest BCUT2D eigenvalue weighted by molar-refractivity contribution is 0.578. The van der Waals surface area contributed by atoms with Crippen molar-refractivity contribution in [3.05, 3.63) is 34.1 Å². The average molecular weight is 339 g/mol. The van der Waals surface area contributed by atoms with E-state index >= 15 is 0 Å². The van der Waals surface area contributed by atoms with Crippen LogP contribution in [0.25, 0.3) is 0 Å². The van der Waals surface area contributed by atoms with Crippen LogP contribution in [0, 0.1) is 5.82 Å². The molecule has 7 heteroatoms. The van der Waals surface area contributed by atoms with Gasteiger partial charge in [-0.1, -0.05) is 15.9 Å². The van der Waals surface area contributed by atoms with Gasteiger partial charge in [-0.2, -0.15) is 0 Å². The van der Waals surface area contributed by atoms with Crippen LogP contribution in [0.2, 0.25) is 0 Å². The van der Waals surface area contributed by atoms with Crippen molar-refractivity contribution in [2.45, 2.75) is 13.0 Å². The second-order valence-corrected chi connectivity index (χ2v) is 6.72. The molecule has 0 fully saturated rings. The van der Waals surface area contributed by atoms with Crippen molar-refractivity contribution in [2.24, 2.45) is 0 Å². The molecule has 2 N–H and O–H groups in total. The fraction of sp³-hybridized carbons (Fsp3) is 0.455. The zero-order valence-corrected chi connectivity index (χ0v) is 12.4. The molecule has 0 aromatic heterocycles. The molecule has 1 aromatic carbocycles. The molecule has 0 unspecified atom stereocenters. The standard InChI is InChI=1S/C11H16BrFN2O2S/c1-18(16,17)15-4-2-3-14-8-9-5-10(12)7-11(13)6-9/h5-7,14-15H,2-4,8H2,1H3. The van der Waals surface area contributed by atoms with Crippen molar-refractivity contribution >= 4 is 26.0 Å². The summed E-state index contributed by atoms with van der Waals surface area (Å²) >= 11 is 3.22. The van der Waals surface area contributed by atoms with Crippen LogP contribution in [0.3, 0.4) is 0 Å². The van der Waals surface area contributed by atoms with E-state index in [1.165, 1.54) is 12.1 Å². The van der Waals surface area contributed by atoms with Gasteiger partial charge in [-0.15, -0.1) is 0 Å². The maximum absolute atomic E-state index is 13.1. The van der Waals surface area contributed by atoms with Crippen LogP contribution in [0.1, 0.15) is 12.0 Å². The maximum Gasteiger partial charge on any atom is 0.208 e. The predicted molar refractivity (Wildman–Crippen MR) is 73.3 cm³/mol. The molecule has 0 saturated heterocycles. The second-order valence-electron chi connectivity index (χ2n) is 3.97. The van der Waals surface area contributed by atoms with E-state index in [0.29, 0.717) is 30.5 Å². The first-order chi connectivity index (χ1) is 8.37. The summed E-state index contributed by atoms with van der Waals surface area (Å²) in [4.78, 5) is 0. The highest BCUT2D eigenvalue weighted by Gasteiger charge is 2.00. The number of nitrogens with one attached hydrogen (secondary N) is 2. The Hall–Kier alpha value is -0.500. The third kappa shape index (κ3) is 7.05. The van der Waals surface area contributed by atoms with E-state index in [4.69, 9.17) is 0 Å². The van der Waals surface area contributed by atoms with Gasteiger partial charge in [0.1, 0.15) is 5.82 Å². The summed E-state index contributed by atoms with van der Waals surface area (Å²) in [6.45, 7) is 1.62. The summed E-state index contributed by atoms with van der Waals surface area (Å²) < 4.78 is 37.7. The van der Waals surface area contributed by atoms with Gasteiger partial charge in [-0.3, -0.25) is 0 Å². The van der Waals surface area contributed by atoms with Crippen LogP contribution in [0.5, 0.6) is 0 Å². The Kier molecular flexibility index (Phi) is 6.20. The summed E-state index contributed by atoms with van der Waals surface area (Å²) in [5.41, 5.74) is 0.845. The van der Waals surface area contributed by atoms with Gasteiger partial charge < -0.3 is 5.32 Å². The Morgan fingerprint density at radius 1 is 1.28 bits per heavy atom. The van der Waals surface area contributed by atoms with Gasteiger partial charge in [-0.05, 0) is 36.7 Å². The van der Waals surface area contributed by atoms with Gasteiger partial charge in [0.15, 0.2) is 0 Å². The molecule has 0 aliphatic carbocycles. The molecule has 0 spiro atoms. The minimum absolute atomic E-state index is 0.278. The van der Waals surface area contributed by atoms with Crippen molar-refractivity contribution in [3.8, 4) is 0 Å². The SMILES string of the molecule is CS(=O)(=O)NCCCNCc1cc(F)cc(Br)c1. The maximum atomic E-state index is 13.1. The minimum atomic E-state index is -3.11. The van der Waals surface area contributed by atoms with Crippen LogP contribution in [-0.2, 0) is 16.6 Å². The van der Waals surface area contributed by atoms with E-state index in [0.717, 1.165) is 11.8 Å². The highest BCUT2D eigenvalue weighted by Crippen LogP contribution is 2.14. The first kappa shape index (κ1) is 15.6. The third-order valence-corrected chi connectivity index (χ3v) is 3.33. The number of halogens is 2. The van der Waals surface area contributed by atoms with E-state index in [1.807, 2.05) is 6.07 Å². The van der Waals surface area contributed by atoms with E-state index in [9.17, 15) is 12.8 Å². The molecule has 0 heterocycles. The lowest BCUT2D eigenvalue weighted by Crippen LogP contribution is -2.26. The molecule has 0 saturated carbocycles. The van der Waals surface area contributed by atoms with E-state index in [1.54, 1.807) is 0 Å². The molecule has 0 bridgehead atoms. The molecular formula is C11H16BrFN2O2S. The zero-order chi connectivity index (χ0) is 13.6. The Bertz CT molecular complexity index is 474. The van der Waals surface area contributed by atoms with Gasteiger partial charge >= 0.3 is 0 Å². The minimum Gasteiger partial charge on any atom is -0.313 e. The zero-order valence-electron chi connectivity index (χ0n) is 10.0. The fourth-order valence-electron chi connectivity index (χ4n) is 1.42. The van der Waals surface area contributed by atoms with Crippen LogP contribution >= 0.6 is 15.9 Å². The number of sulfonamides is 1. The molecule has 0 radical (unpaired) electrons. The van der Waals surface area contributed by atoms with Crippen LogP contribution < -0.4 is 10.0 Å². The molecule has 0 amide bonds. The Balaban J connectivity index is 2.22. The van der Waals surface area contributed by atoms with E-state index in [-0.39, 0.29) is 5.82 Å². The molecular weight excluding hydrogens is 323 g/mol. The Morgan fingerprint density at radius 2 is 2.00 bits per heavy atom. The first-order valence-electron chi connectivity index (χ1n) is 5.47. The molecule has 1 aromatic rings. The molecule has 18 heavy (non-hydrogen) atoms. The van der Waals surface area contributed by atoms with Crippen LogP contribution in [0.4, 0.5) is 4.39 Å². The quantitative estimate of drug-likeness (QED) is 0.742. The van der Waals surface area contributed by atoms with E-state index in [2.05, 4.69) is 26.0 Å². The van der Waals surface area contributed by atoms with E-state index < -0.39 is 10.0 Å². The number of hydrogen-bond acceptors (Lipinski definition) is 3. The summed E-state index contributed by atoms with van der Waals surface area (Å²) in [5.74, 6) is -0.278. The smallest absolute Gasteiger partial charge is 0.208 e. The normalized spacial score (nSPS) is 11.7. The van der Waals surface area contributed by atoms with Gasteiger partial charge in [0.2, 0.25) is 10.0 Å². The number of hydrogen-bond donors (Lipinski definition) is 2. The summed E-state index contributed by atoms with van der Waals surface area (Å²) in [7, 11) is -3.11. The first-order valence-corrected chi connectivity index (χ1v) is 8.15. The Labute approximate surface area is 115 Å². The van der Waals surface area contributed by atoms with Crippen molar-refractivity contribution in [2.75, 3.05) is 19.3 Å². The second kappa shape index (κ2) is 7.18. The predicted octanol–water partition coefficient (Wildman–Crippen LogP) is 1.62. The molecule has 0 atom stereocenters. The van der Waals surface area contributed by atoms with Crippen LogP contribution in [-0.4, -0.2) is 27.8 Å². The topological polar surface area (TPSA) is 58.2 Å². The number of benzene rings is 1. The van der Waals surface area contributed by atoms with Gasteiger partial charge in [0.25, 0.3) is 0 Å². The summed E-state index contributed by atoms with van der Waals surface area (Å²) in [5, 5.41) is 3.12. The lowest BCUT2D eigenvalue weighted by Gasteiger charge is -2.06. The third-order valence-electron chi connectivity index (χ3n) is 2.15. The lowest BCUT2D eigenvalue weighted by atomic mass is 10.2. The van der Waals surface area contributed by atoms with Crippen molar-refractivity contribution in [3.63, 3.8) is 0 Å². The largest absolute Gasteiger partial charge is 0.313 e. The van der Waals surface area contributed by atoms with Gasteiger partial charge in [0, 0.05) is 17.6 Å². The van der Waals surface area contributed by atoms with Gasteiger partial charge in [0.05, 0.1) is 6.26 Å². The molecule has 102 valence electrons. The fourth-order valence-corrected chi connectivity index (χ4v) is 2.44. The van der Waals surface area contributed by atoms with Crippen LogP contribution in [0.15, 0.2) is 22.7 Å². The van der Waals surface area contributed by atoms with Crippen molar-refractivity contribution in [1.29, 1.82) is 0 Å². The number of rotatable bonds is 7. The van der Waals surface area contributed by atoms with Crippen molar-refractivity contribution in [1.82, 2.24) is 10.0 Å². The highest BCUT2D eigenvalue weighted by molar-refractivity contribution is 9.10. The molecule has 1 rings (SSSR count). The summed E-state index contributed by atoms with van der Waals surface area (Å²) in [6.07, 6.45) is 1.81. The average Bonchev–Trinajstić information content (AvgIpc) is 2.20. The monoisotopic (exact) mass is 338 g/mol. The molecule has 0 aliphatic heterocycles. The highest BCUT2D eigenvalue weighted by atomic mass is 79.9. The van der Waals surface area contributed by atoms with Gasteiger partial charge in [-0.25, -0.2) is 17.5 Å². The molecule has 4 nitrogen and oxygen atoms in total.